The quantitative estimate of drug-likeness (QED) is 0.637. The number of anilines is 2. The van der Waals surface area contributed by atoms with Crippen LogP contribution in [0.2, 0.25) is 0 Å². The van der Waals surface area contributed by atoms with Crippen LogP contribution in [0.15, 0.2) is 39.0 Å². The molecule has 0 aliphatic rings. The highest BCUT2D eigenvalue weighted by Gasteiger charge is 2.09. The van der Waals surface area contributed by atoms with Gasteiger partial charge in [0.25, 0.3) is 0 Å². The first-order valence-electron chi connectivity index (χ1n) is 5.55. The van der Waals surface area contributed by atoms with Gasteiger partial charge in [-0.3, -0.25) is 4.79 Å². The number of nitrogens with two attached hydrogens (primary N) is 1. The van der Waals surface area contributed by atoms with Crippen molar-refractivity contribution in [2.24, 2.45) is 0 Å². The number of nitrogens with one attached hydrogen (secondary N) is 1. The number of amides is 1. The third kappa shape index (κ3) is 3.76. The fourth-order valence-corrected chi connectivity index (χ4v) is 3.33. The molecule has 1 heterocycles. The van der Waals surface area contributed by atoms with E-state index in [1.807, 2.05) is 18.2 Å². The highest BCUT2D eigenvalue weighted by Crippen LogP contribution is 2.28. The van der Waals surface area contributed by atoms with Crippen molar-refractivity contribution in [2.45, 2.75) is 4.90 Å². The molecule has 0 saturated heterocycles. The molecule has 20 heavy (non-hydrogen) atoms. The average Bonchev–Trinajstić information content (AvgIpc) is 2.85. The lowest BCUT2D eigenvalue weighted by Gasteiger charge is -2.06. The van der Waals surface area contributed by atoms with Gasteiger partial charge in [0.1, 0.15) is 11.1 Å². The Morgan fingerprint density at radius 1 is 1.50 bits per heavy atom. The summed E-state index contributed by atoms with van der Waals surface area (Å²) >= 11 is 6.03. The molecule has 3 N–H and O–H groups in total. The SMILES string of the molecule is N#Cc1ccsc1NC(=O)CSc1ccc(Br)cc1N. The number of hydrogen-bond acceptors (Lipinski definition) is 5. The molecule has 1 aromatic carbocycles. The Hall–Kier alpha value is -1.49. The molecule has 1 amide bonds. The zero-order valence-electron chi connectivity index (χ0n) is 10.2. The lowest BCUT2D eigenvalue weighted by Crippen LogP contribution is -2.13. The molecule has 0 bridgehead atoms. The lowest BCUT2D eigenvalue weighted by molar-refractivity contribution is -0.113. The van der Waals surface area contributed by atoms with E-state index < -0.39 is 0 Å². The molecular weight excluding hydrogens is 358 g/mol. The largest absolute Gasteiger partial charge is 0.398 e. The van der Waals surface area contributed by atoms with E-state index in [1.54, 1.807) is 17.5 Å². The van der Waals surface area contributed by atoms with Gasteiger partial charge in [-0.25, -0.2) is 0 Å². The van der Waals surface area contributed by atoms with Crippen LogP contribution in [-0.2, 0) is 4.79 Å². The van der Waals surface area contributed by atoms with E-state index in [0.29, 0.717) is 16.3 Å². The van der Waals surface area contributed by atoms with Crippen molar-refractivity contribution in [2.75, 3.05) is 16.8 Å². The predicted molar refractivity (Wildman–Crippen MR) is 86.9 cm³/mol. The minimum Gasteiger partial charge on any atom is -0.398 e. The monoisotopic (exact) mass is 367 g/mol. The third-order valence-corrected chi connectivity index (χ3v) is 4.78. The summed E-state index contributed by atoms with van der Waals surface area (Å²) in [7, 11) is 0. The van der Waals surface area contributed by atoms with Gasteiger partial charge in [0.05, 0.1) is 11.3 Å². The van der Waals surface area contributed by atoms with Crippen molar-refractivity contribution in [3.05, 3.63) is 39.7 Å². The zero-order valence-corrected chi connectivity index (χ0v) is 13.4. The number of carbonyl (C=O) groups is 1. The van der Waals surface area contributed by atoms with Crippen LogP contribution >= 0.6 is 39.0 Å². The molecule has 1 aromatic heterocycles. The fraction of sp³-hybridized carbons (Fsp3) is 0.0769. The Bertz CT molecular complexity index is 678. The number of nitrogen functional groups attached to an aromatic ring is 1. The molecule has 0 saturated carbocycles. The number of rotatable bonds is 4. The summed E-state index contributed by atoms with van der Waals surface area (Å²) in [5.41, 5.74) is 6.98. The lowest BCUT2D eigenvalue weighted by atomic mass is 10.3. The van der Waals surface area contributed by atoms with Gasteiger partial charge in [0, 0.05) is 15.1 Å². The molecular formula is C13H10BrN3OS2. The van der Waals surface area contributed by atoms with Crippen LogP contribution in [-0.4, -0.2) is 11.7 Å². The Kier molecular flexibility index (Phi) is 5.06. The van der Waals surface area contributed by atoms with E-state index in [4.69, 9.17) is 11.0 Å². The highest BCUT2D eigenvalue weighted by molar-refractivity contribution is 9.10. The summed E-state index contributed by atoms with van der Waals surface area (Å²) in [6, 6.07) is 9.26. The zero-order chi connectivity index (χ0) is 14.5. The Morgan fingerprint density at radius 3 is 3.00 bits per heavy atom. The molecule has 4 nitrogen and oxygen atoms in total. The third-order valence-electron chi connectivity index (χ3n) is 2.37. The summed E-state index contributed by atoms with van der Waals surface area (Å²) in [5, 5.41) is 14.0. The van der Waals surface area contributed by atoms with Crippen LogP contribution in [0, 0.1) is 11.3 Å². The summed E-state index contributed by atoms with van der Waals surface area (Å²) in [6.45, 7) is 0. The van der Waals surface area contributed by atoms with Crippen LogP contribution < -0.4 is 11.1 Å². The van der Waals surface area contributed by atoms with Gasteiger partial charge < -0.3 is 11.1 Å². The minimum atomic E-state index is -0.156. The molecule has 0 unspecified atom stereocenters. The van der Waals surface area contributed by atoms with Crippen molar-refractivity contribution >= 4 is 55.6 Å². The highest BCUT2D eigenvalue weighted by atomic mass is 79.9. The molecule has 0 spiro atoms. The van der Waals surface area contributed by atoms with Gasteiger partial charge in [-0.2, -0.15) is 5.26 Å². The number of hydrogen-bond donors (Lipinski definition) is 2. The maximum atomic E-state index is 11.8. The molecule has 0 aliphatic heterocycles. The van der Waals surface area contributed by atoms with Crippen LogP contribution in [0.5, 0.6) is 0 Å². The minimum absolute atomic E-state index is 0.156. The summed E-state index contributed by atoms with van der Waals surface area (Å²) in [5.74, 6) is 0.0884. The Morgan fingerprint density at radius 2 is 2.30 bits per heavy atom. The van der Waals surface area contributed by atoms with E-state index >= 15 is 0 Å². The number of thioether (sulfide) groups is 1. The van der Waals surface area contributed by atoms with E-state index in [-0.39, 0.29) is 11.7 Å². The van der Waals surface area contributed by atoms with Crippen molar-refractivity contribution in [1.29, 1.82) is 5.26 Å². The van der Waals surface area contributed by atoms with Gasteiger partial charge in [0.15, 0.2) is 0 Å². The van der Waals surface area contributed by atoms with Gasteiger partial charge in [0.2, 0.25) is 5.91 Å². The summed E-state index contributed by atoms with van der Waals surface area (Å²) < 4.78 is 0.904. The van der Waals surface area contributed by atoms with Crippen LogP contribution in [0.3, 0.4) is 0 Å². The van der Waals surface area contributed by atoms with Crippen LogP contribution in [0.25, 0.3) is 0 Å². The second kappa shape index (κ2) is 6.79. The van der Waals surface area contributed by atoms with Crippen molar-refractivity contribution in [3.8, 4) is 6.07 Å². The van der Waals surface area contributed by atoms with Gasteiger partial charge in [-0.1, -0.05) is 15.9 Å². The normalized spacial score (nSPS) is 10.0. The van der Waals surface area contributed by atoms with Crippen LogP contribution in [0.1, 0.15) is 5.56 Å². The maximum Gasteiger partial charge on any atom is 0.235 e. The molecule has 0 radical (unpaired) electrons. The first kappa shape index (κ1) is 14.9. The van der Waals surface area contributed by atoms with Gasteiger partial charge in [-0.15, -0.1) is 23.1 Å². The Balaban J connectivity index is 1.94. The number of thiophene rings is 1. The van der Waals surface area contributed by atoms with Gasteiger partial charge in [-0.05, 0) is 29.6 Å². The second-order valence-electron chi connectivity index (χ2n) is 3.79. The first-order valence-corrected chi connectivity index (χ1v) is 8.21. The van der Waals surface area contributed by atoms with Crippen molar-refractivity contribution in [3.63, 3.8) is 0 Å². The number of halogens is 1. The predicted octanol–water partition coefficient (Wildman–Crippen LogP) is 3.70. The topological polar surface area (TPSA) is 78.9 Å². The molecule has 2 aromatic rings. The van der Waals surface area contributed by atoms with Gasteiger partial charge >= 0.3 is 0 Å². The first-order chi connectivity index (χ1) is 9.60. The van der Waals surface area contributed by atoms with Crippen molar-refractivity contribution in [1.82, 2.24) is 0 Å². The summed E-state index contributed by atoms with van der Waals surface area (Å²) in [6.07, 6.45) is 0. The van der Waals surface area contributed by atoms with E-state index in [9.17, 15) is 4.79 Å². The molecule has 2 rings (SSSR count). The molecule has 7 heteroatoms. The van der Waals surface area contributed by atoms with E-state index in [1.165, 1.54) is 23.1 Å². The van der Waals surface area contributed by atoms with Crippen molar-refractivity contribution < 1.29 is 4.79 Å². The average molecular weight is 368 g/mol. The molecule has 102 valence electrons. The molecule has 0 aliphatic carbocycles. The molecule has 0 fully saturated rings. The Labute approximate surface area is 133 Å². The van der Waals surface area contributed by atoms with E-state index in [2.05, 4.69) is 21.2 Å². The number of carbonyl (C=O) groups excluding carboxylic acids is 1. The number of benzene rings is 1. The fourth-order valence-electron chi connectivity index (χ4n) is 1.45. The van der Waals surface area contributed by atoms with E-state index in [0.717, 1.165) is 9.37 Å². The number of nitrogens with zero attached hydrogens (tertiary/aromatic N) is 1. The maximum absolute atomic E-state index is 11.8. The molecule has 0 atom stereocenters. The van der Waals surface area contributed by atoms with Crippen LogP contribution in [0.4, 0.5) is 10.7 Å². The second-order valence-corrected chi connectivity index (χ2v) is 6.64. The smallest absolute Gasteiger partial charge is 0.235 e. The standard InChI is InChI=1S/C13H10BrN3OS2/c14-9-1-2-11(10(16)5-9)20-7-12(18)17-13-8(6-15)3-4-19-13/h1-5H,7,16H2,(H,17,18). The summed E-state index contributed by atoms with van der Waals surface area (Å²) in [4.78, 5) is 12.7. The number of nitriles is 1.